The first-order chi connectivity index (χ1) is 10.0. The Hall–Kier alpha value is -2.16. The van der Waals surface area contributed by atoms with Gasteiger partial charge in [-0.3, -0.25) is 0 Å². The van der Waals surface area contributed by atoms with Crippen LogP contribution < -0.4 is 0 Å². The minimum atomic E-state index is -0.222. The number of rotatable bonds is 4. The highest BCUT2D eigenvalue weighted by Gasteiger charge is 2.20. The fourth-order valence-electron chi connectivity index (χ4n) is 2.81. The largest absolute Gasteiger partial charge is 0.508 e. The fourth-order valence-corrected chi connectivity index (χ4v) is 2.81. The normalized spacial score (nSPS) is 10.8. The summed E-state index contributed by atoms with van der Waals surface area (Å²) in [6.07, 6.45) is 2.10. The zero-order valence-corrected chi connectivity index (χ0v) is 12.8. The Morgan fingerprint density at radius 3 is 1.86 bits per heavy atom. The molecule has 112 valence electrons. The Morgan fingerprint density at radius 2 is 1.38 bits per heavy atom. The average Bonchev–Trinajstić information content (AvgIpc) is 2.50. The smallest absolute Gasteiger partial charge is 0.166 e. The van der Waals surface area contributed by atoms with Gasteiger partial charge in [0.2, 0.25) is 0 Å². The summed E-state index contributed by atoms with van der Waals surface area (Å²) in [5.41, 5.74) is 3.97. The van der Waals surface area contributed by atoms with E-state index < -0.39 is 0 Å². The van der Waals surface area contributed by atoms with Gasteiger partial charge in [-0.25, -0.2) is 0 Å². The number of phenolic OH excluding ortho intramolecular Hbond substituents is 3. The highest BCUT2D eigenvalue weighted by Crippen LogP contribution is 2.45. The molecule has 21 heavy (non-hydrogen) atoms. The van der Waals surface area contributed by atoms with Crippen molar-refractivity contribution >= 4 is 0 Å². The van der Waals surface area contributed by atoms with Gasteiger partial charge >= 0.3 is 0 Å². The Morgan fingerprint density at radius 1 is 0.810 bits per heavy atom. The van der Waals surface area contributed by atoms with Crippen molar-refractivity contribution in [1.29, 1.82) is 0 Å². The van der Waals surface area contributed by atoms with Gasteiger partial charge in [0.1, 0.15) is 5.75 Å². The van der Waals surface area contributed by atoms with Crippen molar-refractivity contribution in [3.05, 3.63) is 41.0 Å². The predicted octanol–water partition coefficient (Wildman–Crippen LogP) is 4.16. The summed E-state index contributed by atoms with van der Waals surface area (Å²) in [5.74, 6) is -0.350. The van der Waals surface area contributed by atoms with E-state index >= 15 is 0 Å². The SMILES string of the molecule is CCc1cccc(CC)c1-c1cc(O)c(CC)c(O)c1O. The first kappa shape index (κ1) is 15.2. The highest BCUT2D eigenvalue weighted by atomic mass is 16.3. The topological polar surface area (TPSA) is 60.7 Å². The van der Waals surface area contributed by atoms with Gasteiger partial charge in [0.05, 0.1) is 0 Å². The van der Waals surface area contributed by atoms with Crippen LogP contribution in [0.25, 0.3) is 11.1 Å². The fraction of sp³-hybridized carbons (Fsp3) is 0.333. The van der Waals surface area contributed by atoms with E-state index in [2.05, 4.69) is 13.8 Å². The van der Waals surface area contributed by atoms with Crippen LogP contribution in [0.3, 0.4) is 0 Å². The van der Waals surface area contributed by atoms with E-state index in [4.69, 9.17) is 0 Å². The molecule has 0 saturated heterocycles. The Labute approximate surface area is 125 Å². The molecule has 0 saturated carbocycles. The molecule has 3 N–H and O–H groups in total. The van der Waals surface area contributed by atoms with Gasteiger partial charge in [-0.05, 0) is 42.0 Å². The molecule has 0 fully saturated rings. The summed E-state index contributed by atoms with van der Waals surface area (Å²) in [7, 11) is 0. The van der Waals surface area contributed by atoms with Crippen LogP contribution in [-0.2, 0) is 19.3 Å². The number of phenols is 3. The molecular weight excluding hydrogens is 264 g/mol. The van der Waals surface area contributed by atoms with Crippen LogP contribution in [0, 0.1) is 0 Å². The first-order valence-electron chi connectivity index (χ1n) is 7.42. The van der Waals surface area contributed by atoms with Crippen molar-refractivity contribution in [3.8, 4) is 28.4 Å². The van der Waals surface area contributed by atoms with Gasteiger partial charge in [-0.15, -0.1) is 0 Å². The number of aryl methyl sites for hydroxylation is 2. The third-order valence-electron chi connectivity index (χ3n) is 3.98. The van der Waals surface area contributed by atoms with Crippen LogP contribution in [0.1, 0.15) is 37.5 Å². The van der Waals surface area contributed by atoms with Crippen LogP contribution in [0.2, 0.25) is 0 Å². The summed E-state index contributed by atoms with van der Waals surface area (Å²) in [4.78, 5) is 0. The second-order valence-electron chi connectivity index (χ2n) is 5.13. The van der Waals surface area contributed by atoms with E-state index in [0.717, 1.165) is 29.5 Å². The second-order valence-corrected chi connectivity index (χ2v) is 5.13. The van der Waals surface area contributed by atoms with Gasteiger partial charge in [0.25, 0.3) is 0 Å². The Kier molecular flexibility index (Phi) is 4.41. The third kappa shape index (κ3) is 2.56. The Balaban J connectivity index is 2.79. The molecule has 0 unspecified atom stereocenters. The zero-order chi connectivity index (χ0) is 15.6. The van der Waals surface area contributed by atoms with E-state index in [-0.39, 0.29) is 17.2 Å². The van der Waals surface area contributed by atoms with E-state index in [1.54, 1.807) is 6.07 Å². The molecule has 0 aliphatic heterocycles. The predicted molar refractivity (Wildman–Crippen MR) is 85.0 cm³/mol. The second kappa shape index (κ2) is 6.08. The zero-order valence-electron chi connectivity index (χ0n) is 12.8. The van der Waals surface area contributed by atoms with Gasteiger partial charge in [0.15, 0.2) is 11.5 Å². The van der Waals surface area contributed by atoms with Crippen LogP contribution in [0.5, 0.6) is 17.2 Å². The molecule has 3 heteroatoms. The minimum Gasteiger partial charge on any atom is -0.508 e. The van der Waals surface area contributed by atoms with Crippen LogP contribution in [0.15, 0.2) is 24.3 Å². The summed E-state index contributed by atoms with van der Waals surface area (Å²) in [5, 5.41) is 30.6. The third-order valence-corrected chi connectivity index (χ3v) is 3.98. The molecule has 2 aromatic rings. The van der Waals surface area contributed by atoms with Gasteiger partial charge in [-0.1, -0.05) is 39.0 Å². The highest BCUT2D eigenvalue weighted by molar-refractivity contribution is 5.81. The summed E-state index contributed by atoms with van der Waals surface area (Å²) in [6, 6.07) is 7.57. The quantitative estimate of drug-likeness (QED) is 0.584. The molecule has 0 aliphatic rings. The summed E-state index contributed by atoms with van der Waals surface area (Å²) >= 11 is 0. The maximum Gasteiger partial charge on any atom is 0.166 e. The molecule has 0 atom stereocenters. The molecular formula is C18H22O3. The maximum atomic E-state index is 10.4. The molecule has 0 radical (unpaired) electrons. The van der Waals surface area contributed by atoms with E-state index in [0.29, 0.717) is 17.5 Å². The molecule has 0 bridgehead atoms. The lowest BCUT2D eigenvalue weighted by Crippen LogP contribution is -1.96. The number of aromatic hydroxyl groups is 3. The average molecular weight is 286 g/mol. The standard InChI is InChI=1S/C18H22O3/c1-4-11-8-7-9-12(5-2)16(11)14-10-15(19)13(6-3)17(20)18(14)21/h7-10,19-21H,4-6H2,1-3H3. The lowest BCUT2D eigenvalue weighted by molar-refractivity contribution is 0.391. The van der Waals surface area contributed by atoms with Crippen molar-refractivity contribution in [2.75, 3.05) is 0 Å². The van der Waals surface area contributed by atoms with Crippen molar-refractivity contribution in [2.45, 2.75) is 40.0 Å². The number of hydrogen-bond acceptors (Lipinski definition) is 3. The summed E-state index contributed by atoms with van der Waals surface area (Å²) in [6.45, 7) is 5.93. The van der Waals surface area contributed by atoms with Gasteiger partial charge < -0.3 is 15.3 Å². The Bertz CT molecular complexity index is 638. The molecule has 0 amide bonds. The number of hydrogen-bond donors (Lipinski definition) is 3. The van der Waals surface area contributed by atoms with Gasteiger partial charge in [-0.2, -0.15) is 0 Å². The van der Waals surface area contributed by atoms with Crippen LogP contribution in [0.4, 0.5) is 0 Å². The lowest BCUT2D eigenvalue weighted by atomic mass is 9.90. The van der Waals surface area contributed by atoms with E-state index in [1.165, 1.54) is 0 Å². The maximum absolute atomic E-state index is 10.4. The summed E-state index contributed by atoms with van der Waals surface area (Å²) < 4.78 is 0. The molecule has 3 nitrogen and oxygen atoms in total. The molecule has 2 aromatic carbocycles. The monoisotopic (exact) mass is 286 g/mol. The molecule has 0 heterocycles. The lowest BCUT2D eigenvalue weighted by Gasteiger charge is -2.17. The van der Waals surface area contributed by atoms with E-state index in [9.17, 15) is 15.3 Å². The van der Waals surface area contributed by atoms with Crippen molar-refractivity contribution in [2.24, 2.45) is 0 Å². The number of benzene rings is 2. The minimum absolute atomic E-state index is 0.0239. The van der Waals surface area contributed by atoms with Crippen molar-refractivity contribution in [3.63, 3.8) is 0 Å². The first-order valence-corrected chi connectivity index (χ1v) is 7.42. The molecule has 2 rings (SSSR count). The molecule has 0 aromatic heterocycles. The van der Waals surface area contributed by atoms with E-state index in [1.807, 2.05) is 25.1 Å². The molecule has 0 aliphatic carbocycles. The van der Waals surface area contributed by atoms with Crippen LogP contribution >= 0.6 is 0 Å². The van der Waals surface area contributed by atoms with Gasteiger partial charge in [0, 0.05) is 11.1 Å². The van der Waals surface area contributed by atoms with Crippen molar-refractivity contribution in [1.82, 2.24) is 0 Å². The molecule has 0 spiro atoms. The van der Waals surface area contributed by atoms with Crippen LogP contribution in [-0.4, -0.2) is 15.3 Å². The van der Waals surface area contributed by atoms with Crippen molar-refractivity contribution < 1.29 is 15.3 Å².